The third kappa shape index (κ3) is 8.57. The van der Waals surface area contributed by atoms with Gasteiger partial charge in [0.2, 0.25) is 0 Å². The largest absolute Gasteiger partial charge is 0.509 e. The second-order valence-electron chi connectivity index (χ2n) is 19.5. The number of hydrogen-bond donors (Lipinski definition) is 0. The summed E-state index contributed by atoms with van der Waals surface area (Å²) in [6.45, 7) is 21.9. The second kappa shape index (κ2) is 16.3. The van der Waals surface area contributed by atoms with E-state index in [1.54, 1.807) is 16.8 Å². The maximum atomic E-state index is 14.1. The molecule has 0 saturated heterocycles. The minimum Gasteiger partial charge on any atom is -0.509 e. The third-order valence-electron chi connectivity index (χ3n) is 11.8. The Balaban J connectivity index is 0.00000560. The standard InChI is InChI=1S/C55H50F3N4O.Pt/c1-52(2,3)37-24-25-59-51(31-37)62-48-30-38(55(56,57)58)19-21-45(48)46-22-20-44(33-49(46)62)63-43-17-13-16-41(32-43)60-34-61(42-28-39(53(4,5)6)27-40(29-42)54(7,8)9)50-26-36(18-23-47(50)60)35-14-11-10-12-15-35;/h10-31,34H,1-9H3;/q-3;. The molecule has 1 aliphatic rings. The minimum atomic E-state index is -4.52. The van der Waals surface area contributed by atoms with E-state index in [-0.39, 0.29) is 37.3 Å². The molecule has 9 heteroatoms. The smallest absolute Gasteiger partial charge is 0.416 e. The van der Waals surface area contributed by atoms with Gasteiger partial charge < -0.3 is 19.1 Å². The molecule has 0 spiro atoms. The molecule has 0 radical (unpaired) electrons. The summed E-state index contributed by atoms with van der Waals surface area (Å²) in [7, 11) is 0. The molecule has 2 aromatic heterocycles. The van der Waals surface area contributed by atoms with E-state index in [1.807, 2.05) is 42.5 Å². The van der Waals surface area contributed by atoms with E-state index in [9.17, 15) is 13.2 Å². The molecule has 3 heterocycles. The SMILES string of the molecule is CC(C)(C)c1cc(N2[CH-]N(c3[c-]c(Oc4[c-]c5c(cc4)c4ccc(C(F)(F)F)cc4n5-c4cc(C(C)(C)C)ccn4)ccc3)c3ccc(-c4ccccc4)cc32)cc(C(C)(C)C)c1.[Pt]. The van der Waals surface area contributed by atoms with Gasteiger partial charge in [-0.3, -0.25) is 0 Å². The predicted molar refractivity (Wildman–Crippen MR) is 251 cm³/mol. The molecule has 1 aliphatic heterocycles. The average Bonchev–Trinajstić information content (AvgIpc) is 3.78. The van der Waals surface area contributed by atoms with Gasteiger partial charge in [0.15, 0.2) is 0 Å². The Kier molecular flexibility index (Phi) is 11.4. The normalized spacial score (nSPS) is 13.4. The number of alkyl halides is 3. The fourth-order valence-corrected chi connectivity index (χ4v) is 8.14. The number of ether oxygens (including phenoxy) is 1. The Morgan fingerprint density at radius 3 is 1.89 bits per heavy atom. The van der Waals surface area contributed by atoms with Crippen LogP contribution in [0.2, 0.25) is 0 Å². The summed E-state index contributed by atoms with van der Waals surface area (Å²) in [5.74, 6) is 1.34. The molecule has 0 atom stereocenters. The molecule has 5 nitrogen and oxygen atoms in total. The number of aromatic nitrogens is 2. The van der Waals surface area contributed by atoms with E-state index in [1.165, 1.54) is 23.3 Å². The quantitative estimate of drug-likeness (QED) is 0.155. The van der Waals surface area contributed by atoms with Crippen LogP contribution in [-0.4, -0.2) is 9.55 Å². The van der Waals surface area contributed by atoms with Crippen molar-refractivity contribution in [1.82, 2.24) is 9.55 Å². The van der Waals surface area contributed by atoms with Crippen LogP contribution in [-0.2, 0) is 43.5 Å². The van der Waals surface area contributed by atoms with Crippen molar-refractivity contribution in [1.29, 1.82) is 0 Å². The first-order chi connectivity index (χ1) is 29.7. The first kappa shape index (κ1) is 44.7. The third-order valence-corrected chi connectivity index (χ3v) is 11.8. The first-order valence-corrected chi connectivity index (χ1v) is 21.3. The summed E-state index contributed by atoms with van der Waals surface area (Å²) >= 11 is 0. The van der Waals surface area contributed by atoms with Crippen LogP contribution in [0.3, 0.4) is 0 Å². The van der Waals surface area contributed by atoms with Crippen LogP contribution in [0.4, 0.5) is 35.9 Å². The summed E-state index contributed by atoms with van der Waals surface area (Å²) < 4.78 is 50.6. The van der Waals surface area contributed by atoms with Gasteiger partial charge in [-0.1, -0.05) is 122 Å². The van der Waals surface area contributed by atoms with Crippen LogP contribution in [0.15, 0.2) is 134 Å². The van der Waals surface area contributed by atoms with Crippen molar-refractivity contribution < 1.29 is 39.0 Å². The number of nitrogens with zero attached hydrogens (tertiary/aromatic N) is 4. The molecule has 0 saturated carbocycles. The summed E-state index contributed by atoms with van der Waals surface area (Å²) in [6, 6.07) is 47.9. The predicted octanol–water partition coefficient (Wildman–Crippen LogP) is 15.6. The van der Waals surface area contributed by atoms with Gasteiger partial charge in [-0.15, -0.1) is 48.1 Å². The number of hydrogen-bond acceptors (Lipinski definition) is 4. The maximum Gasteiger partial charge on any atom is 0.416 e. The number of benzene rings is 6. The van der Waals surface area contributed by atoms with E-state index in [0.29, 0.717) is 33.7 Å². The van der Waals surface area contributed by atoms with Crippen molar-refractivity contribution in [3.05, 3.63) is 175 Å². The minimum absolute atomic E-state index is 0. The molecule has 6 aromatic carbocycles. The van der Waals surface area contributed by atoms with Crippen LogP contribution in [0, 0.1) is 18.8 Å². The molecule has 0 bridgehead atoms. The van der Waals surface area contributed by atoms with Crippen LogP contribution in [0.5, 0.6) is 11.5 Å². The summed E-state index contributed by atoms with van der Waals surface area (Å²) in [4.78, 5) is 9.06. The Labute approximate surface area is 388 Å². The van der Waals surface area contributed by atoms with Crippen LogP contribution in [0.1, 0.15) is 84.6 Å². The van der Waals surface area contributed by atoms with Crippen LogP contribution < -0.4 is 14.5 Å². The Bertz CT molecular complexity index is 2990. The number of fused-ring (bicyclic) bond motifs is 4. The molecule has 64 heavy (non-hydrogen) atoms. The number of rotatable bonds is 6. The van der Waals surface area contributed by atoms with Crippen molar-refractivity contribution in [2.24, 2.45) is 0 Å². The van der Waals surface area contributed by atoms with E-state index >= 15 is 0 Å². The number of anilines is 4. The fourth-order valence-electron chi connectivity index (χ4n) is 8.14. The summed E-state index contributed by atoms with van der Waals surface area (Å²) in [6.07, 6.45) is -2.82. The number of halogens is 3. The topological polar surface area (TPSA) is 33.5 Å². The van der Waals surface area contributed by atoms with Gasteiger partial charge in [0.25, 0.3) is 0 Å². The van der Waals surface area contributed by atoms with Crippen LogP contribution in [0.25, 0.3) is 38.8 Å². The molecular formula is C55H50F3N4OPt-3. The molecule has 0 aliphatic carbocycles. The van der Waals surface area contributed by atoms with E-state index < -0.39 is 11.7 Å². The zero-order valence-corrected chi connectivity index (χ0v) is 39.7. The Morgan fingerprint density at radius 2 is 1.22 bits per heavy atom. The average molecular weight is 1040 g/mol. The van der Waals surface area contributed by atoms with Gasteiger partial charge >= 0.3 is 6.18 Å². The Hall–Kier alpha value is -5.85. The first-order valence-electron chi connectivity index (χ1n) is 21.3. The molecule has 0 unspecified atom stereocenters. The van der Waals surface area contributed by atoms with Crippen LogP contribution >= 0.6 is 0 Å². The molecule has 0 fully saturated rings. The molecule has 9 rings (SSSR count). The van der Waals surface area contributed by atoms with Gasteiger partial charge in [0.05, 0.1) is 5.56 Å². The van der Waals surface area contributed by atoms with Crippen molar-refractivity contribution in [3.8, 4) is 28.4 Å². The summed E-state index contributed by atoms with van der Waals surface area (Å²) in [5.41, 5.74) is 9.44. The van der Waals surface area contributed by atoms with Gasteiger partial charge in [0.1, 0.15) is 5.82 Å². The monoisotopic (exact) mass is 1030 g/mol. The van der Waals surface area contributed by atoms with Gasteiger partial charge in [-0.05, 0) is 91.9 Å². The molecule has 330 valence electrons. The zero-order valence-electron chi connectivity index (χ0n) is 37.4. The van der Waals surface area contributed by atoms with E-state index in [4.69, 9.17) is 4.74 Å². The van der Waals surface area contributed by atoms with Gasteiger partial charge in [-0.25, -0.2) is 4.98 Å². The maximum absolute atomic E-state index is 14.1. The Morgan fingerprint density at radius 1 is 0.547 bits per heavy atom. The van der Waals surface area contributed by atoms with E-state index in [2.05, 4.69) is 157 Å². The second-order valence-corrected chi connectivity index (χ2v) is 19.5. The van der Waals surface area contributed by atoms with Gasteiger partial charge in [-0.2, -0.15) is 25.3 Å². The van der Waals surface area contributed by atoms with Crippen molar-refractivity contribution in [3.63, 3.8) is 0 Å². The van der Waals surface area contributed by atoms with Crippen molar-refractivity contribution in [2.45, 2.75) is 84.7 Å². The molecule has 0 N–H and O–H groups in total. The van der Waals surface area contributed by atoms with Crippen molar-refractivity contribution in [2.75, 3.05) is 9.80 Å². The molecule has 8 aromatic rings. The molecular weight excluding hydrogens is 985 g/mol. The van der Waals surface area contributed by atoms with Gasteiger partial charge in [0, 0.05) is 61.3 Å². The van der Waals surface area contributed by atoms with E-state index in [0.717, 1.165) is 50.9 Å². The zero-order chi connectivity index (χ0) is 44.6. The van der Waals surface area contributed by atoms with Crippen molar-refractivity contribution >= 4 is 44.6 Å². The fraction of sp³-hybridized carbons (Fsp3) is 0.236. The number of pyridine rings is 1. The summed E-state index contributed by atoms with van der Waals surface area (Å²) in [5, 5.41) is 1.39. The molecule has 0 amide bonds.